The molecule has 100 valence electrons. The van der Waals surface area contributed by atoms with Crippen molar-refractivity contribution in [3.05, 3.63) is 17.2 Å². The summed E-state index contributed by atoms with van der Waals surface area (Å²) in [5, 5.41) is 2.96. The first-order valence-corrected chi connectivity index (χ1v) is 6.88. The van der Waals surface area contributed by atoms with E-state index in [1.54, 1.807) is 0 Å². The maximum Gasteiger partial charge on any atom is 0.220 e. The van der Waals surface area contributed by atoms with Crippen LogP contribution in [0.15, 0.2) is 0 Å². The van der Waals surface area contributed by atoms with Crippen molar-refractivity contribution in [1.29, 1.82) is 0 Å². The van der Waals surface area contributed by atoms with Gasteiger partial charge in [0.25, 0.3) is 0 Å². The summed E-state index contributed by atoms with van der Waals surface area (Å²) >= 11 is 0. The van der Waals surface area contributed by atoms with E-state index < -0.39 is 0 Å². The number of aryl methyl sites for hydroxylation is 1. The van der Waals surface area contributed by atoms with E-state index in [1.165, 1.54) is 24.2 Å². The third-order valence-corrected chi connectivity index (χ3v) is 3.50. The second kappa shape index (κ2) is 5.55. The number of amides is 1. The van der Waals surface area contributed by atoms with Crippen LogP contribution >= 0.6 is 0 Å². The molecule has 0 aromatic carbocycles. The molecular formula is C14H23N3O. The van der Waals surface area contributed by atoms with Gasteiger partial charge >= 0.3 is 0 Å². The number of hydrogen-bond donors (Lipinski definition) is 1. The molecule has 1 aromatic heterocycles. The monoisotopic (exact) mass is 249 g/mol. The van der Waals surface area contributed by atoms with Gasteiger partial charge in [0.15, 0.2) is 0 Å². The first kappa shape index (κ1) is 13.1. The average Bonchev–Trinajstić information content (AvgIpc) is 2.64. The van der Waals surface area contributed by atoms with Gasteiger partial charge < -0.3 is 9.88 Å². The zero-order chi connectivity index (χ0) is 13.1. The lowest BCUT2D eigenvalue weighted by molar-refractivity contribution is -0.122. The SMILES string of the molecule is CC(C)CC(=O)NCc1nc2c(n1C)CCCC2. The topological polar surface area (TPSA) is 46.9 Å². The van der Waals surface area contributed by atoms with Gasteiger partial charge in [-0.05, 0) is 31.6 Å². The Balaban J connectivity index is 1.97. The van der Waals surface area contributed by atoms with Gasteiger partial charge in [0, 0.05) is 19.2 Å². The van der Waals surface area contributed by atoms with E-state index in [0.29, 0.717) is 18.9 Å². The molecule has 0 radical (unpaired) electrons. The third kappa shape index (κ3) is 2.92. The summed E-state index contributed by atoms with van der Waals surface area (Å²) in [6.07, 6.45) is 5.29. The van der Waals surface area contributed by atoms with Crippen molar-refractivity contribution in [2.24, 2.45) is 13.0 Å². The Morgan fingerprint density at radius 2 is 2.11 bits per heavy atom. The zero-order valence-electron chi connectivity index (χ0n) is 11.6. The normalized spacial score (nSPS) is 14.7. The number of rotatable bonds is 4. The molecule has 18 heavy (non-hydrogen) atoms. The molecule has 1 N–H and O–H groups in total. The van der Waals surface area contributed by atoms with Crippen molar-refractivity contribution >= 4 is 5.91 Å². The number of nitrogens with one attached hydrogen (secondary N) is 1. The average molecular weight is 249 g/mol. The summed E-state index contributed by atoms with van der Waals surface area (Å²) in [5.74, 6) is 1.50. The first-order chi connectivity index (χ1) is 8.58. The molecule has 1 aliphatic rings. The van der Waals surface area contributed by atoms with Crippen LogP contribution in [0.1, 0.15) is 50.3 Å². The summed E-state index contributed by atoms with van der Waals surface area (Å²) in [5.41, 5.74) is 2.59. The molecule has 0 saturated heterocycles. The van der Waals surface area contributed by atoms with Crippen LogP contribution in [0.4, 0.5) is 0 Å². The van der Waals surface area contributed by atoms with Crippen LogP contribution < -0.4 is 5.32 Å². The molecule has 1 aliphatic carbocycles. The summed E-state index contributed by atoms with van der Waals surface area (Å²) in [4.78, 5) is 16.3. The lowest BCUT2D eigenvalue weighted by Gasteiger charge is -2.11. The van der Waals surface area contributed by atoms with E-state index in [9.17, 15) is 4.79 Å². The molecule has 1 aromatic rings. The van der Waals surface area contributed by atoms with Gasteiger partial charge in [-0.15, -0.1) is 0 Å². The van der Waals surface area contributed by atoms with Gasteiger partial charge in [0.05, 0.1) is 12.2 Å². The molecule has 1 amide bonds. The van der Waals surface area contributed by atoms with Crippen molar-refractivity contribution < 1.29 is 4.79 Å². The largest absolute Gasteiger partial charge is 0.349 e. The van der Waals surface area contributed by atoms with Crippen LogP contribution in [0.3, 0.4) is 0 Å². The number of carbonyl (C=O) groups excluding carboxylic acids is 1. The number of carbonyl (C=O) groups is 1. The minimum atomic E-state index is 0.117. The fourth-order valence-corrected chi connectivity index (χ4v) is 2.52. The third-order valence-electron chi connectivity index (χ3n) is 3.50. The first-order valence-electron chi connectivity index (χ1n) is 6.88. The van der Waals surface area contributed by atoms with Gasteiger partial charge in [-0.3, -0.25) is 4.79 Å². The van der Waals surface area contributed by atoms with Crippen molar-refractivity contribution in [2.75, 3.05) is 0 Å². The van der Waals surface area contributed by atoms with Crippen molar-refractivity contribution in [3.8, 4) is 0 Å². The maximum atomic E-state index is 11.6. The van der Waals surface area contributed by atoms with E-state index in [2.05, 4.69) is 35.8 Å². The van der Waals surface area contributed by atoms with E-state index >= 15 is 0 Å². The van der Waals surface area contributed by atoms with Crippen LogP contribution in [-0.4, -0.2) is 15.5 Å². The van der Waals surface area contributed by atoms with Crippen LogP contribution in [0.25, 0.3) is 0 Å². The van der Waals surface area contributed by atoms with Gasteiger partial charge in [0.2, 0.25) is 5.91 Å². The lowest BCUT2D eigenvalue weighted by Crippen LogP contribution is -2.25. The maximum absolute atomic E-state index is 11.6. The quantitative estimate of drug-likeness (QED) is 0.886. The molecule has 0 fully saturated rings. The molecule has 0 bridgehead atoms. The molecule has 0 atom stereocenters. The van der Waals surface area contributed by atoms with Crippen LogP contribution in [-0.2, 0) is 31.2 Å². The van der Waals surface area contributed by atoms with E-state index in [4.69, 9.17) is 0 Å². The van der Waals surface area contributed by atoms with Crippen molar-refractivity contribution in [3.63, 3.8) is 0 Å². The van der Waals surface area contributed by atoms with E-state index in [1.807, 2.05) is 0 Å². The van der Waals surface area contributed by atoms with Gasteiger partial charge in [-0.1, -0.05) is 13.8 Å². The van der Waals surface area contributed by atoms with Crippen LogP contribution in [0, 0.1) is 5.92 Å². The fourth-order valence-electron chi connectivity index (χ4n) is 2.52. The van der Waals surface area contributed by atoms with E-state index in [0.717, 1.165) is 18.7 Å². The van der Waals surface area contributed by atoms with Gasteiger partial charge in [0.1, 0.15) is 5.82 Å². The Morgan fingerprint density at radius 3 is 2.78 bits per heavy atom. The van der Waals surface area contributed by atoms with E-state index in [-0.39, 0.29) is 5.91 Å². The highest BCUT2D eigenvalue weighted by Gasteiger charge is 2.17. The Morgan fingerprint density at radius 1 is 1.39 bits per heavy atom. The van der Waals surface area contributed by atoms with Crippen molar-refractivity contribution in [2.45, 2.75) is 52.5 Å². The molecule has 4 heteroatoms. The Hall–Kier alpha value is -1.32. The van der Waals surface area contributed by atoms with Gasteiger partial charge in [-0.25, -0.2) is 4.98 Å². The molecule has 1 heterocycles. The standard InChI is InChI=1S/C14H23N3O/c1-10(2)8-14(18)15-9-13-16-11-6-4-5-7-12(11)17(13)3/h10H,4-9H2,1-3H3,(H,15,18). The molecule has 0 saturated carbocycles. The molecule has 2 rings (SSSR count). The molecule has 0 unspecified atom stereocenters. The van der Waals surface area contributed by atoms with Crippen LogP contribution in [0.5, 0.6) is 0 Å². The fraction of sp³-hybridized carbons (Fsp3) is 0.714. The summed E-state index contributed by atoms with van der Waals surface area (Å²) in [6.45, 7) is 4.66. The van der Waals surface area contributed by atoms with Crippen LogP contribution in [0.2, 0.25) is 0 Å². The number of nitrogens with zero attached hydrogens (tertiary/aromatic N) is 2. The highest BCUT2D eigenvalue weighted by molar-refractivity contribution is 5.75. The molecule has 4 nitrogen and oxygen atoms in total. The zero-order valence-corrected chi connectivity index (χ0v) is 11.6. The number of aromatic nitrogens is 2. The van der Waals surface area contributed by atoms with Crippen molar-refractivity contribution in [1.82, 2.24) is 14.9 Å². The predicted molar refractivity (Wildman–Crippen MR) is 71.2 cm³/mol. The Kier molecular flexibility index (Phi) is 4.04. The Labute approximate surface area is 109 Å². The van der Waals surface area contributed by atoms with Gasteiger partial charge in [-0.2, -0.15) is 0 Å². The summed E-state index contributed by atoms with van der Waals surface area (Å²) < 4.78 is 2.16. The summed E-state index contributed by atoms with van der Waals surface area (Å²) in [6, 6.07) is 0. The molecular weight excluding hydrogens is 226 g/mol. The minimum absolute atomic E-state index is 0.117. The molecule has 0 spiro atoms. The smallest absolute Gasteiger partial charge is 0.220 e. The highest BCUT2D eigenvalue weighted by Crippen LogP contribution is 2.21. The molecule has 0 aliphatic heterocycles. The number of fused-ring (bicyclic) bond motifs is 1. The lowest BCUT2D eigenvalue weighted by atomic mass is 10.0. The second-order valence-electron chi connectivity index (χ2n) is 5.56. The predicted octanol–water partition coefficient (Wildman–Crippen LogP) is 1.96. The highest BCUT2D eigenvalue weighted by atomic mass is 16.1. The minimum Gasteiger partial charge on any atom is -0.349 e. The Bertz CT molecular complexity index is 434. The number of imidazole rings is 1. The number of hydrogen-bond acceptors (Lipinski definition) is 2. The summed E-state index contributed by atoms with van der Waals surface area (Å²) in [7, 11) is 2.06. The second-order valence-corrected chi connectivity index (χ2v) is 5.56.